The fraction of sp³-hybridized carbons (Fsp3) is 0.200. The van der Waals surface area contributed by atoms with Crippen LogP contribution < -0.4 is 0 Å². The van der Waals surface area contributed by atoms with Gasteiger partial charge in [0.15, 0.2) is 0 Å². The van der Waals surface area contributed by atoms with Crippen LogP contribution in [0.5, 0.6) is 0 Å². The Bertz CT molecular complexity index is 1290. The highest BCUT2D eigenvalue weighted by Crippen LogP contribution is 2.30. The summed E-state index contributed by atoms with van der Waals surface area (Å²) in [5.74, 6) is 6.88. The van der Waals surface area contributed by atoms with E-state index in [1.807, 2.05) is 18.4 Å². The molecule has 4 rings (SSSR count). The minimum atomic E-state index is 0.0432. The first kappa shape index (κ1) is 21.5. The van der Waals surface area contributed by atoms with Gasteiger partial charge in [0.1, 0.15) is 5.78 Å². The molecule has 2 heteroatoms. The molecular formula is C30H27NO. The third kappa shape index (κ3) is 4.79. The molecule has 0 amide bonds. The molecule has 1 aliphatic heterocycles. The van der Waals surface area contributed by atoms with Crippen molar-refractivity contribution in [2.75, 3.05) is 0 Å². The molecule has 1 atom stereocenters. The fourth-order valence-electron chi connectivity index (χ4n) is 4.11. The number of benzene rings is 2. The maximum atomic E-state index is 11.6. The summed E-state index contributed by atoms with van der Waals surface area (Å²) in [7, 11) is 0. The molecule has 2 aromatic carbocycles. The van der Waals surface area contributed by atoms with E-state index in [1.54, 1.807) is 6.92 Å². The first-order valence-electron chi connectivity index (χ1n) is 10.9. The number of aryl methyl sites for hydroxylation is 2. The number of hydrogen-bond donors (Lipinski definition) is 0. The Kier molecular flexibility index (Phi) is 6.19. The molecule has 0 bridgehead atoms. The molecule has 2 aliphatic rings. The summed E-state index contributed by atoms with van der Waals surface area (Å²) in [6, 6.07) is 14.9. The van der Waals surface area contributed by atoms with Crippen LogP contribution in [0.25, 0.3) is 5.57 Å². The summed E-state index contributed by atoms with van der Waals surface area (Å²) >= 11 is 0. The molecule has 0 N–H and O–H groups in total. The summed E-state index contributed by atoms with van der Waals surface area (Å²) in [4.78, 5) is 16.2. The van der Waals surface area contributed by atoms with Crippen LogP contribution in [-0.2, 0) is 11.2 Å². The van der Waals surface area contributed by atoms with Gasteiger partial charge in [0.25, 0.3) is 0 Å². The second kappa shape index (κ2) is 9.20. The van der Waals surface area contributed by atoms with Crippen molar-refractivity contribution in [2.24, 2.45) is 10.9 Å². The smallest absolute Gasteiger partial charge is 0.134 e. The van der Waals surface area contributed by atoms with E-state index >= 15 is 0 Å². The minimum absolute atomic E-state index is 0.0432. The second-order valence-corrected chi connectivity index (χ2v) is 8.58. The zero-order valence-electron chi connectivity index (χ0n) is 18.9. The van der Waals surface area contributed by atoms with Gasteiger partial charge >= 0.3 is 0 Å². The number of hydrogen-bond acceptors (Lipinski definition) is 2. The van der Waals surface area contributed by atoms with Crippen LogP contribution in [0.15, 0.2) is 89.6 Å². The number of Topliss-reactive ketones (excluding diaryl/α,β-unsaturated/α-hetero) is 1. The number of rotatable bonds is 5. The number of carbonyl (C=O) groups is 1. The van der Waals surface area contributed by atoms with Crippen molar-refractivity contribution >= 4 is 17.1 Å². The van der Waals surface area contributed by atoms with E-state index in [1.165, 1.54) is 11.1 Å². The molecule has 0 aromatic heterocycles. The Balaban J connectivity index is 1.52. The molecule has 0 radical (unpaired) electrons. The summed E-state index contributed by atoms with van der Waals surface area (Å²) in [5.41, 5.74) is 9.77. The van der Waals surface area contributed by atoms with Crippen LogP contribution in [0.4, 0.5) is 0 Å². The van der Waals surface area contributed by atoms with Crippen molar-refractivity contribution in [1.29, 1.82) is 0 Å². The van der Waals surface area contributed by atoms with Crippen molar-refractivity contribution in [2.45, 2.75) is 33.6 Å². The van der Waals surface area contributed by atoms with Crippen LogP contribution in [0, 0.1) is 31.6 Å². The Morgan fingerprint density at radius 2 is 1.94 bits per heavy atom. The van der Waals surface area contributed by atoms with Crippen LogP contribution in [0.1, 0.15) is 41.2 Å². The Morgan fingerprint density at radius 1 is 1.09 bits per heavy atom. The predicted octanol–water partition coefficient (Wildman–Crippen LogP) is 6.34. The highest BCUT2D eigenvalue weighted by Gasteiger charge is 2.26. The summed E-state index contributed by atoms with van der Waals surface area (Å²) in [6.45, 7) is 10.1. The molecule has 0 saturated heterocycles. The molecule has 1 unspecified atom stereocenters. The molecule has 1 heterocycles. The Hall–Kier alpha value is -3.70. The SMILES string of the molecule is C=C(Cc1cccc(C)c1)c1ccc(C)c(C#CC2=CN=C3C(CC(C)=O)=CC=CC23)c1. The first-order chi connectivity index (χ1) is 15.4. The zero-order chi connectivity index (χ0) is 22.7. The molecule has 2 aromatic rings. The minimum Gasteiger partial charge on any atom is -0.300 e. The van der Waals surface area contributed by atoms with E-state index in [2.05, 4.69) is 85.8 Å². The van der Waals surface area contributed by atoms with Crippen LogP contribution in [0.3, 0.4) is 0 Å². The molecule has 0 saturated carbocycles. The third-order valence-electron chi connectivity index (χ3n) is 5.83. The lowest BCUT2D eigenvalue weighted by molar-refractivity contribution is -0.116. The van der Waals surface area contributed by atoms with Crippen LogP contribution in [-0.4, -0.2) is 11.5 Å². The highest BCUT2D eigenvalue weighted by molar-refractivity contribution is 6.10. The number of fused-ring (bicyclic) bond motifs is 1. The molecule has 2 nitrogen and oxygen atoms in total. The van der Waals surface area contributed by atoms with Crippen LogP contribution in [0.2, 0.25) is 0 Å². The molecule has 1 aliphatic carbocycles. The van der Waals surface area contributed by atoms with Crippen molar-refractivity contribution < 1.29 is 4.79 Å². The maximum Gasteiger partial charge on any atom is 0.134 e. The molecule has 0 spiro atoms. The lowest BCUT2D eigenvalue weighted by Crippen LogP contribution is -2.17. The van der Waals surface area contributed by atoms with Gasteiger partial charge in [0, 0.05) is 23.8 Å². The maximum absolute atomic E-state index is 11.6. The van der Waals surface area contributed by atoms with Gasteiger partial charge in [-0.1, -0.05) is 78.6 Å². The monoisotopic (exact) mass is 417 g/mol. The molecule has 158 valence electrons. The standard InChI is InChI=1S/C30H27NO/c1-20-7-5-8-24(15-20)16-22(3)26-12-11-21(2)25(18-26)13-14-28-19-31-30-27(17-23(4)32)9-6-10-29(28)30/h5-12,15,18-19,29H,3,16-17H2,1-2,4H3. The molecule has 32 heavy (non-hydrogen) atoms. The largest absolute Gasteiger partial charge is 0.300 e. The fourth-order valence-corrected chi connectivity index (χ4v) is 4.11. The molecule has 0 fully saturated rings. The lowest BCUT2D eigenvalue weighted by atomic mass is 9.86. The van der Waals surface area contributed by atoms with Gasteiger partial charge in [-0.15, -0.1) is 0 Å². The van der Waals surface area contributed by atoms with Gasteiger partial charge in [0.05, 0.1) is 11.6 Å². The number of carbonyl (C=O) groups excluding carboxylic acids is 1. The Morgan fingerprint density at radius 3 is 2.72 bits per heavy atom. The normalized spacial score (nSPS) is 16.3. The van der Waals surface area contributed by atoms with Gasteiger partial charge in [-0.2, -0.15) is 0 Å². The lowest BCUT2D eigenvalue weighted by Gasteiger charge is -2.16. The predicted molar refractivity (Wildman–Crippen MR) is 134 cm³/mol. The van der Waals surface area contributed by atoms with E-state index < -0.39 is 0 Å². The Labute approximate surface area is 190 Å². The number of ketones is 1. The summed E-state index contributed by atoms with van der Waals surface area (Å²) in [6.07, 6.45) is 9.16. The summed E-state index contributed by atoms with van der Waals surface area (Å²) < 4.78 is 0. The quantitative estimate of drug-likeness (QED) is 0.522. The zero-order valence-corrected chi connectivity index (χ0v) is 18.9. The van der Waals surface area contributed by atoms with Crippen molar-refractivity contribution in [3.05, 3.63) is 112 Å². The second-order valence-electron chi connectivity index (χ2n) is 8.58. The van der Waals surface area contributed by atoms with Crippen LogP contribution >= 0.6 is 0 Å². The summed E-state index contributed by atoms with van der Waals surface area (Å²) in [5, 5.41) is 0. The topological polar surface area (TPSA) is 29.4 Å². The van der Waals surface area contributed by atoms with Gasteiger partial charge in [-0.05, 0) is 61.1 Å². The van der Waals surface area contributed by atoms with E-state index in [9.17, 15) is 4.79 Å². The van der Waals surface area contributed by atoms with E-state index in [0.717, 1.165) is 45.5 Å². The van der Waals surface area contributed by atoms with Gasteiger partial charge in [-0.25, -0.2) is 0 Å². The number of aliphatic imine (C=N–C) groups is 1. The van der Waals surface area contributed by atoms with Gasteiger partial charge in [0.2, 0.25) is 0 Å². The van der Waals surface area contributed by atoms with Crippen molar-refractivity contribution in [1.82, 2.24) is 0 Å². The number of allylic oxidation sites excluding steroid dienone is 6. The van der Waals surface area contributed by atoms with Gasteiger partial charge < -0.3 is 0 Å². The number of nitrogens with zero attached hydrogens (tertiary/aromatic N) is 1. The highest BCUT2D eigenvalue weighted by atomic mass is 16.1. The third-order valence-corrected chi connectivity index (χ3v) is 5.83. The van der Waals surface area contributed by atoms with E-state index in [-0.39, 0.29) is 11.7 Å². The van der Waals surface area contributed by atoms with Crippen molar-refractivity contribution in [3.63, 3.8) is 0 Å². The molecular weight excluding hydrogens is 390 g/mol. The van der Waals surface area contributed by atoms with Crippen molar-refractivity contribution in [3.8, 4) is 11.8 Å². The van der Waals surface area contributed by atoms with Gasteiger partial charge in [-0.3, -0.25) is 9.79 Å². The van der Waals surface area contributed by atoms with E-state index in [0.29, 0.717) is 6.42 Å². The van der Waals surface area contributed by atoms with E-state index in [4.69, 9.17) is 0 Å². The average molecular weight is 418 g/mol. The average Bonchev–Trinajstić information content (AvgIpc) is 3.17. The first-order valence-corrected chi connectivity index (χ1v) is 10.9.